The van der Waals surface area contributed by atoms with E-state index in [2.05, 4.69) is 10.2 Å². The molecule has 5 nitrogen and oxygen atoms in total. The highest BCUT2D eigenvalue weighted by Gasteiger charge is 2.16. The molecule has 0 unspecified atom stereocenters. The lowest BCUT2D eigenvalue weighted by Crippen LogP contribution is -1.99. The number of aromatic nitrogens is 3. The van der Waals surface area contributed by atoms with E-state index < -0.39 is 0 Å². The first-order chi connectivity index (χ1) is 11.1. The number of nitrogens with zero attached hydrogens (tertiary/aromatic N) is 2. The maximum Gasteiger partial charge on any atom is 0.200 e. The van der Waals surface area contributed by atoms with Gasteiger partial charge in [-0.25, -0.2) is 0 Å². The smallest absolute Gasteiger partial charge is 0.200 e. The number of nitrogens with one attached hydrogen (secondary N) is 1. The summed E-state index contributed by atoms with van der Waals surface area (Å²) < 4.78 is 13.0. The van der Waals surface area contributed by atoms with E-state index >= 15 is 0 Å². The molecule has 0 bridgehead atoms. The molecule has 3 aromatic rings. The number of H-pyrrole nitrogens is 1. The van der Waals surface area contributed by atoms with E-state index in [0.29, 0.717) is 27.1 Å². The summed E-state index contributed by atoms with van der Waals surface area (Å²) in [7, 11) is 3.21. The fourth-order valence-corrected chi connectivity index (χ4v) is 2.65. The standard InChI is InChI=1S/C16H14ClN3O2S/c1-21-12-7-8-13(14(9-12)22-2)15-18-19-16(23)20(15)11-5-3-10(17)4-6-11/h3-9H,1-2H3,(H,19,23). The number of hydrogen-bond acceptors (Lipinski definition) is 4. The van der Waals surface area contributed by atoms with Gasteiger partial charge in [0, 0.05) is 11.1 Å². The molecule has 7 heteroatoms. The Morgan fingerprint density at radius 3 is 2.48 bits per heavy atom. The zero-order chi connectivity index (χ0) is 16.4. The van der Waals surface area contributed by atoms with E-state index in [1.807, 2.05) is 28.8 Å². The second-order valence-corrected chi connectivity index (χ2v) is 5.55. The van der Waals surface area contributed by atoms with Crippen LogP contribution in [0.1, 0.15) is 0 Å². The molecule has 0 spiro atoms. The molecule has 1 N–H and O–H groups in total. The molecule has 1 aromatic heterocycles. The first-order valence-corrected chi connectivity index (χ1v) is 7.58. The van der Waals surface area contributed by atoms with Gasteiger partial charge < -0.3 is 9.47 Å². The SMILES string of the molecule is COc1ccc(-c2n[nH]c(=S)n2-c2ccc(Cl)cc2)c(OC)c1. The molecule has 0 aliphatic carbocycles. The molecule has 0 saturated heterocycles. The van der Waals surface area contributed by atoms with E-state index in [9.17, 15) is 0 Å². The molecule has 0 fully saturated rings. The third-order valence-electron chi connectivity index (χ3n) is 3.41. The number of aromatic amines is 1. The Balaban J connectivity index is 2.19. The molecule has 0 amide bonds. The van der Waals surface area contributed by atoms with Crippen molar-refractivity contribution in [3.05, 3.63) is 52.3 Å². The zero-order valence-corrected chi connectivity index (χ0v) is 14.1. The van der Waals surface area contributed by atoms with Crippen LogP contribution in [0.2, 0.25) is 5.02 Å². The third kappa shape index (κ3) is 2.95. The topological polar surface area (TPSA) is 52.1 Å². The van der Waals surface area contributed by atoms with Crippen LogP contribution < -0.4 is 9.47 Å². The summed E-state index contributed by atoms with van der Waals surface area (Å²) in [5, 5.41) is 7.83. The van der Waals surface area contributed by atoms with Crippen molar-refractivity contribution >= 4 is 23.8 Å². The average molecular weight is 348 g/mol. The normalized spacial score (nSPS) is 10.6. The van der Waals surface area contributed by atoms with Crippen molar-refractivity contribution in [1.82, 2.24) is 14.8 Å². The second-order valence-electron chi connectivity index (χ2n) is 4.73. The predicted molar refractivity (Wildman–Crippen MR) is 92.3 cm³/mol. The van der Waals surface area contributed by atoms with E-state index in [1.54, 1.807) is 32.4 Å². The van der Waals surface area contributed by atoms with Crippen LogP contribution in [0.15, 0.2) is 42.5 Å². The molecule has 0 atom stereocenters. The summed E-state index contributed by atoms with van der Waals surface area (Å²) in [6.07, 6.45) is 0. The molecule has 0 aliphatic rings. The monoisotopic (exact) mass is 347 g/mol. The highest BCUT2D eigenvalue weighted by molar-refractivity contribution is 7.71. The first kappa shape index (κ1) is 15.6. The summed E-state index contributed by atoms with van der Waals surface area (Å²) >= 11 is 11.3. The van der Waals surface area contributed by atoms with Crippen molar-refractivity contribution in [3.63, 3.8) is 0 Å². The molecule has 118 valence electrons. The van der Waals surface area contributed by atoms with Gasteiger partial charge in [-0.1, -0.05) is 11.6 Å². The number of rotatable bonds is 4. The van der Waals surface area contributed by atoms with Crippen LogP contribution in [0.3, 0.4) is 0 Å². The molecule has 0 saturated carbocycles. The number of halogens is 1. The van der Waals surface area contributed by atoms with Gasteiger partial charge in [-0.15, -0.1) is 0 Å². The maximum atomic E-state index is 5.96. The molecule has 1 heterocycles. The Hall–Kier alpha value is -2.31. The minimum atomic E-state index is 0.486. The van der Waals surface area contributed by atoms with Gasteiger partial charge in [0.2, 0.25) is 0 Å². The van der Waals surface area contributed by atoms with Gasteiger partial charge in [0.15, 0.2) is 10.6 Å². The van der Waals surface area contributed by atoms with E-state index in [1.165, 1.54) is 0 Å². The summed E-state index contributed by atoms with van der Waals surface area (Å²) in [4.78, 5) is 0. The second kappa shape index (κ2) is 6.44. The van der Waals surface area contributed by atoms with Crippen molar-refractivity contribution in [2.75, 3.05) is 14.2 Å². The highest BCUT2D eigenvalue weighted by atomic mass is 35.5. The van der Waals surface area contributed by atoms with Crippen LogP contribution in [0, 0.1) is 4.77 Å². The lowest BCUT2D eigenvalue weighted by atomic mass is 10.1. The maximum absolute atomic E-state index is 5.96. The third-order valence-corrected chi connectivity index (χ3v) is 3.93. The summed E-state index contributed by atoms with van der Waals surface area (Å²) in [6.45, 7) is 0. The quantitative estimate of drug-likeness (QED) is 0.716. The fourth-order valence-electron chi connectivity index (χ4n) is 2.29. The molecule has 0 radical (unpaired) electrons. The zero-order valence-electron chi connectivity index (χ0n) is 12.5. The van der Waals surface area contributed by atoms with Gasteiger partial charge in [0.05, 0.1) is 25.5 Å². The van der Waals surface area contributed by atoms with Crippen molar-refractivity contribution in [3.8, 4) is 28.6 Å². The van der Waals surface area contributed by atoms with Gasteiger partial charge in [-0.2, -0.15) is 5.10 Å². The van der Waals surface area contributed by atoms with Crippen LogP contribution >= 0.6 is 23.8 Å². The van der Waals surface area contributed by atoms with Crippen LogP contribution in [0.5, 0.6) is 11.5 Å². The number of hydrogen-bond donors (Lipinski definition) is 1. The Morgan fingerprint density at radius 1 is 1.09 bits per heavy atom. The van der Waals surface area contributed by atoms with Crippen molar-refractivity contribution in [2.24, 2.45) is 0 Å². The van der Waals surface area contributed by atoms with Crippen LogP contribution in [-0.4, -0.2) is 29.0 Å². The molecular formula is C16H14ClN3O2S. The van der Waals surface area contributed by atoms with E-state index in [-0.39, 0.29) is 0 Å². The lowest BCUT2D eigenvalue weighted by Gasteiger charge is -2.11. The summed E-state index contributed by atoms with van der Waals surface area (Å²) in [6, 6.07) is 12.9. The Morgan fingerprint density at radius 2 is 1.83 bits per heavy atom. The number of benzene rings is 2. The largest absolute Gasteiger partial charge is 0.497 e. The van der Waals surface area contributed by atoms with Crippen molar-refractivity contribution < 1.29 is 9.47 Å². The summed E-state index contributed by atoms with van der Waals surface area (Å²) in [5.74, 6) is 2.00. The average Bonchev–Trinajstić information content (AvgIpc) is 2.96. The van der Waals surface area contributed by atoms with E-state index in [4.69, 9.17) is 33.3 Å². The number of methoxy groups -OCH3 is 2. The fraction of sp³-hybridized carbons (Fsp3) is 0.125. The van der Waals surface area contributed by atoms with Crippen LogP contribution in [0.4, 0.5) is 0 Å². The predicted octanol–water partition coefficient (Wildman–Crippen LogP) is 4.27. The van der Waals surface area contributed by atoms with Crippen molar-refractivity contribution in [1.29, 1.82) is 0 Å². The van der Waals surface area contributed by atoms with Gasteiger partial charge in [-0.3, -0.25) is 9.67 Å². The molecule has 2 aromatic carbocycles. The van der Waals surface area contributed by atoms with Crippen LogP contribution in [-0.2, 0) is 0 Å². The Labute approximate surface area is 143 Å². The highest BCUT2D eigenvalue weighted by Crippen LogP contribution is 2.33. The van der Waals surface area contributed by atoms with Gasteiger partial charge in [0.1, 0.15) is 11.5 Å². The number of ether oxygens (including phenoxy) is 2. The van der Waals surface area contributed by atoms with Gasteiger partial charge >= 0.3 is 0 Å². The Kier molecular flexibility index (Phi) is 4.36. The minimum Gasteiger partial charge on any atom is -0.497 e. The molecule has 0 aliphatic heterocycles. The van der Waals surface area contributed by atoms with Gasteiger partial charge in [0.25, 0.3) is 0 Å². The van der Waals surface area contributed by atoms with E-state index in [0.717, 1.165) is 11.3 Å². The first-order valence-electron chi connectivity index (χ1n) is 6.80. The van der Waals surface area contributed by atoms with Crippen LogP contribution in [0.25, 0.3) is 17.1 Å². The molecular weight excluding hydrogens is 334 g/mol. The van der Waals surface area contributed by atoms with Crippen molar-refractivity contribution in [2.45, 2.75) is 0 Å². The molecule has 3 rings (SSSR count). The molecule has 23 heavy (non-hydrogen) atoms. The lowest BCUT2D eigenvalue weighted by molar-refractivity contribution is 0.395. The Bertz CT molecular complexity index is 887. The minimum absolute atomic E-state index is 0.486. The van der Waals surface area contributed by atoms with Gasteiger partial charge in [-0.05, 0) is 48.6 Å². The summed E-state index contributed by atoms with van der Waals surface area (Å²) in [5.41, 5.74) is 1.66.